The fourth-order valence-electron chi connectivity index (χ4n) is 3.46. The number of nitrogens with zero attached hydrogens (tertiary/aromatic N) is 2. The first-order valence-electron chi connectivity index (χ1n) is 9.68. The van der Waals surface area contributed by atoms with Crippen LogP contribution < -0.4 is 19.1 Å². The van der Waals surface area contributed by atoms with Crippen molar-refractivity contribution in [1.82, 2.24) is 9.62 Å². The van der Waals surface area contributed by atoms with Crippen LogP contribution in [0, 0.1) is 6.92 Å². The molecule has 0 atom stereocenters. The predicted octanol–water partition coefficient (Wildman–Crippen LogP) is 2.11. The van der Waals surface area contributed by atoms with Crippen LogP contribution in [0.4, 0.5) is 5.69 Å². The number of aryl methyl sites for hydroxylation is 1. The Morgan fingerprint density at radius 1 is 0.966 bits per heavy atom. The van der Waals surface area contributed by atoms with Crippen LogP contribution in [0.3, 0.4) is 0 Å². The van der Waals surface area contributed by atoms with E-state index in [1.165, 1.54) is 5.69 Å². The van der Waals surface area contributed by atoms with Gasteiger partial charge in [-0.1, -0.05) is 0 Å². The van der Waals surface area contributed by atoms with Crippen molar-refractivity contribution in [3.8, 4) is 11.5 Å². The minimum atomic E-state index is -3.52. The zero-order chi connectivity index (χ0) is 20.9. The first kappa shape index (κ1) is 21.4. The van der Waals surface area contributed by atoms with Crippen molar-refractivity contribution in [2.24, 2.45) is 0 Å². The lowest BCUT2D eigenvalue weighted by Gasteiger charge is -2.36. The molecular formula is C21H29N3O4S. The van der Waals surface area contributed by atoms with E-state index in [4.69, 9.17) is 9.47 Å². The lowest BCUT2D eigenvalue weighted by molar-refractivity contribution is 0.262. The number of rotatable bonds is 8. The van der Waals surface area contributed by atoms with Crippen molar-refractivity contribution in [2.75, 3.05) is 58.4 Å². The molecule has 2 aromatic carbocycles. The monoisotopic (exact) mass is 419 g/mol. The predicted molar refractivity (Wildman–Crippen MR) is 115 cm³/mol. The topological polar surface area (TPSA) is 71.1 Å². The summed E-state index contributed by atoms with van der Waals surface area (Å²) in [6, 6.07) is 13.0. The van der Waals surface area contributed by atoms with Gasteiger partial charge in [0.25, 0.3) is 0 Å². The Labute approximate surface area is 173 Å². The zero-order valence-electron chi connectivity index (χ0n) is 17.2. The van der Waals surface area contributed by atoms with Gasteiger partial charge >= 0.3 is 0 Å². The number of hydrogen-bond donors (Lipinski definition) is 1. The third-order valence-corrected chi connectivity index (χ3v) is 6.67. The summed E-state index contributed by atoms with van der Waals surface area (Å²) in [5.74, 6) is 1.53. The highest BCUT2D eigenvalue weighted by atomic mass is 32.2. The van der Waals surface area contributed by atoms with Gasteiger partial charge in [-0.15, -0.1) is 0 Å². The average Bonchev–Trinajstić information content (AvgIpc) is 2.74. The van der Waals surface area contributed by atoms with E-state index in [1.54, 1.807) is 32.4 Å². The van der Waals surface area contributed by atoms with Gasteiger partial charge in [0.15, 0.2) is 0 Å². The largest absolute Gasteiger partial charge is 0.497 e. The molecule has 0 amide bonds. The Hall–Kier alpha value is -2.29. The lowest BCUT2D eigenvalue weighted by atomic mass is 10.2. The van der Waals surface area contributed by atoms with E-state index in [-0.39, 0.29) is 4.90 Å². The summed E-state index contributed by atoms with van der Waals surface area (Å²) in [5, 5.41) is 0. The summed E-state index contributed by atoms with van der Waals surface area (Å²) >= 11 is 0. The lowest BCUT2D eigenvalue weighted by Crippen LogP contribution is -2.48. The van der Waals surface area contributed by atoms with Crippen LogP contribution in [0.2, 0.25) is 0 Å². The number of sulfonamides is 1. The minimum absolute atomic E-state index is 0.264. The molecule has 1 saturated heterocycles. The van der Waals surface area contributed by atoms with E-state index in [1.807, 2.05) is 19.1 Å². The molecule has 0 aliphatic carbocycles. The molecule has 158 valence electrons. The van der Waals surface area contributed by atoms with Crippen LogP contribution in [-0.4, -0.2) is 66.8 Å². The molecule has 0 radical (unpaired) electrons. The van der Waals surface area contributed by atoms with E-state index >= 15 is 0 Å². The molecule has 1 fully saturated rings. The molecule has 0 unspecified atom stereocenters. The zero-order valence-corrected chi connectivity index (χ0v) is 18.0. The second-order valence-corrected chi connectivity index (χ2v) is 8.82. The van der Waals surface area contributed by atoms with Crippen LogP contribution in [0.15, 0.2) is 47.4 Å². The SMILES string of the molecule is COc1ccc(N2CCN(CCNS(=O)(=O)c3ccc(OC)c(C)c3)CC2)cc1. The van der Waals surface area contributed by atoms with Crippen molar-refractivity contribution in [3.05, 3.63) is 48.0 Å². The molecule has 1 heterocycles. The van der Waals surface area contributed by atoms with Gasteiger partial charge in [0, 0.05) is 45.0 Å². The Morgan fingerprint density at radius 2 is 1.66 bits per heavy atom. The number of anilines is 1. The smallest absolute Gasteiger partial charge is 0.240 e. The van der Waals surface area contributed by atoms with Gasteiger partial charge in [-0.05, 0) is 55.0 Å². The molecule has 2 aromatic rings. The summed E-state index contributed by atoms with van der Waals surface area (Å²) in [5.41, 5.74) is 1.98. The van der Waals surface area contributed by atoms with E-state index in [9.17, 15) is 8.42 Å². The molecule has 0 saturated carbocycles. The quantitative estimate of drug-likeness (QED) is 0.707. The molecular weight excluding hydrogens is 390 g/mol. The molecule has 1 aliphatic heterocycles. The maximum absolute atomic E-state index is 12.5. The summed E-state index contributed by atoms with van der Waals surface area (Å²) in [4.78, 5) is 4.88. The first-order valence-corrected chi connectivity index (χ1v) is 11.2. The fourth-order valence-corrected chi connectivity index (χ4v) is 4.57. The average molecular weight is 420 g/mol. The second kappa shape index (κ2) is 9.47. The first-order chi connectivity index (χ1) is 13.9. The van der Waals surface area contributed by atoms with E-state index in [0.29, 0.717) is 18.8 Å². The van der Waals surface area contributed by atoms with Gasteiger partial charge in [-0.2, -0.15) is 0 Å². The molecule has 3 rings (SSSR count). The number of benzene rings is 2. The molecule has 1 N–H and O–H groups in total. The minimum Gasteiger partial charge on any atom is -0.497 e. The number of piperazine rings is 1. The van der Waals surface area contributed by atoms with Crippen molar-refractivity contribution in [2.45, 2.75) is 11.8 Å². The van der Waals surface area contributed by atoms with Crippen LogP contribution in [0.5, 0.6) is 11.5 Å². The van der Waals surface area contributed by atoms with Gasteiger partial charge in [-0.25, -0.2) is 13.1 Å². The second-order valence-electron chi connectivity index (χ2n) is 7.06. The summed E-state index contributed by atoms with van der Waals surface area (Å²) < 4.78 is 38.2. The fraction of sp³-hybridized carbons (Fsp3) is 0.429. The van der Waals surface area contributed by atoms with Gasteiger partial charge in [0.05, 0.1) is 19.1 Å². The van der Waals surface area contributed by atoms with E-state index in [0.717, 1.165) is 37.5 Å². The number of methoxy groups -OCH3 is 2. The standard InChI is InChI=1S/C21H29N3O4S/c1-17-16-20(8-9-21(17)28-3)29(25,26)22-10-11-23-12-14-24(15-13-23)18-4-6-19(27-2)7-5-18/h4-9,16,22H,10-15H2,1-3H3. The van der Waals surface area contributed by atoms with Crippen molar-refractivity contribution in [3.63, 3.8) is 0 Å². The van der Waals surface area contributed by atoms with Crippen molar-refractivity contribution < 1.29 is 17.9 Å². The van der Waals surface area contributed by atoms with E-state index < -0.39 is 10.0 Å². The number of nitrogens with one attached hydrogen (secondary N) is 1. The van der Waals surface area contributed by atoms with Gasteiger partial charge in [0.2, 0.25) is 10.0 Å². The number of ether oxygens (including phenoxy) is 2. The molecule has 1 aliphatic rings. The molecule has 0 spiro atoms. The third kappa shape index (κ3) is 5.41. The summed E-state index contributed by atoms with van der Waals surface area (Å²) in [7, 11) is -0.286. The van der Waals surface area contributed by atoms with Crippen LogP contribution >= 0.6 is 0 Å². The Balaban J connectivity index is 1.47. The van der Waals surface area contributed by atoms with Crippen molar-refractivity contribution >= 4 is 15.7 Å². The van der Waals surface area contributed by atoms with Crippen molar-refractivity contribution in [1.29, 1.82) is 0 Å². The highest BCUT2D eigenvalue weighted by Gasteiger charge is 2.19. The van der Waals surface area contributed by atoms with Gasteiger partial charge < -0.3 is 14.4 Å². The molecule has 0 bridgehead atoms. The number of hydrogen-bond acceptors (Lipinski definition) is 6. The Morgan fingerprint density at radius 3 is 2.24 bits per heavy atom. The Kier molecular flexibility index (Phi) is 7.00. The van der Waals surface area contributed by atoms with E-state index in [2.05, 4.69) is 26.7 Å². The van der Waals surface area contributed by atoms with Gasteiger partial charge in [-0.3, -0.25) is 4.90 Å². The van der Waals surface area contributed by atoms with Crippen LogP contribution in [0.1, 0.15) is 5.56 Å². The maximum atomic E-state index is 12.5. The molecule has 0 aromatic heterocycles. The third-order valence-electron chi connectivity index (χ3n) is 5.21. The van der Waals surface area contributed by atoms with Crippen LogP contribution in [0.25, 0.3) is 0 Å². The molecule has 8 heteroatoms. The summed E-state index contributed by atoms with van der Waals surface area (Å²) in [6.07, 6.45) is 0. The highest BCUT2D eigenvalue weighted by Crippen LogP contribution is 2.22. The van der Waals surface area contributed by atoms with Gasteiger partial charge in [0.1, 0.15) is 11.5 Å². The Bertz CT molecular complexity index is 908. The maximum Gasteiger partial charge on any atom is 0.240 e. The highest BCUT2D eigenvalue weighted by molar-refractivity contribution is 7.89. The van der Waals surface area contributed by atoms with Crippen LogP contribution in [-0.2, 0) is 10.0 Å². The normalized spacial score (nSPS) is 15.3. The molecule has 29 heavy (non-hydrogen) atoms. The molecule has 7 nitrogen and oxygen atoms in total. The summed E-state index contributed by atoms with van der Waals surface area (Å²) in [6.45, 7) is 6.53.